The van der Waals surface area contributed by atoms with Crippen LogP contribution in [0.15, 0.2) is 30.3 Å². The Kier molecular flexibility index (Phi) is 2.84. The molecule has 2 aliphatic rings. The number of benzene rings is 1. The van der Waals surface area contributed by atoms with Crippen LogP contribution in [0.1, 0.15) is 5.56 Å². The summed E-state index contributed by atoms with van der Waals surface area (Å²) in [6.07, 6.45) is 0. The Balaban J connectivity index is 1.71. The molecule has 2 heterocycles. The summed E-state index contributed by atoms with van der Waals surface area (Å²) in [7, 11) is 0. The Hall–Kier alpha value is -1.39. The molecular formula is C14H17NO3. The standard InChI is InChI=1S/C14H17NO3/c16-13(17)12-7-15(8-14(12)9-18-10-14)6-11-4-2-1-3-5-11/h1-5,12H,6-10H2,(H,16,17). The van der Waals surface area contributed by atoms with E-state index in [2.05, 4.69) is 17.0 Å². The highest BCUT2D eigenvalue weighted by Crippen LogP contribution is 2.42. The molecule has 4 nitrogen and oxygen atoms in total. The SMILES string of the molecule is O=C(O)C1CN(Cc2ccccc2)CC12COC2. The second kappa shape index (κ2) is 4.37. The fourth-order valence-electron chi connectivity index (χ4n) is 3.03. The first-order valence-corrected chi connectivity index (χ1v) is 6.26. The van der Waals surface area contributed by atoms with Crippen LogP contribution in [0, 0.1) is 11.3 Å². The Morgan fingerprint density at radius 2 is 2.11 bits per heavy atom. The van der Waals surface area contributed by atoms with E-state index in [-0.39, 0.29) is 11.3 Å². The molecule has 1 unspecified atom stereocenters. The van der Waals surface area contributed by atoms with Gasteiger partial charge in [-0.3, -0.25) is 9.69 Å². The molecular weight excluding hydrogens is 230 g/mol. The molecule has 1 spiro atoms. The van der Waals surface area contributed by atoms with E-state index in [0.29, 0.717) is 19.8 Å². The van der Waals surface area contributed by atoms with E-state index in [1.807, 2.05) is 18.2 Å². The fourth-order valence-corrected chi connectivity index (χ4v) is 3.03. The third-order valence-electron chi connectivity index (χ3n) is 4.04. The van der Waals surface area contributed by atoms with Crippen LogP contribution in [-0.2, 0) is 16.1 Å². The van der Waals surface area contributed by atoms with E-state index in [0.717, 1.165) is 13.1 Å². The first kappa shape index (κ1) is 11.7. The highest BCUT2D eigenvalue weighted by molar-refractivity contribution is 5.72. The van der Waals surface area contributed by atoms with E-state index in [1.165, 1.54) is 5.56 Å². The van der Waals surface area contributed by atoms with E-state index in [4.69, 9.17) is 4.74 Å². The molecule has 4 heteroatoms. The number of nitrogens with zero attached hydrogens (tertiary/aromatic N) is 1. The predicted octanol–water partition coefficient (Wildman–Crippen LogP) is 1.22. The molecule has 3 rings (SSSR count). The Labute approximate surface area is 106 Å². The normalized spacial score (nSPS) is 26.1. The summed E-state index contributed by atoms with van der Waals surface area (Å²) in [6, 6.07) is 10.2. The molecule has 2 aliphatic heterocycles. The summed E-state index contributed by atoms with van der Waals surface area (Å²) >= 11 is 0. The zero-order chi connectivity index (χ0) is 12.6. The molecule has 2 saturated heterocycles. The molecule has 1 N–H and O–H groups in total. The minimum Gasteiger partial charge on any atom is -0.481 e. The summed E-state index contributed by atoms with van der Waals surface area (Å²) in [5, 5.41) is 9.32. The summed E-state index contributed by atoms with van der Waals surface area (Å²) in [4.78, 5) is 13.6. The maximum Gasteiger partial charge on any atom is 0.308 e. The molecule has 18 heavy (non-hydrogen) atoms. The number of carboxylic acids is 1. The number of ether oxygens (including phenoxy) is 1. The maximum absolute atomic E-state index is 11.3. The summed E-state index contributed by atoms with van der Waals surface area (Å²) in [5.41, 5.74) is 1.10. The molecule has 1 aromatic rings. The van der Waals surface area contributed by atoms with Crippen molar-refractivity contribution in [1.82, 2.24) is 4.90 Å². The van der Waals surface area contributed by atoms with Gasteiger partial charge in [0, 0.05) is 25.0 Å². The van der Waals surface area contributed by atoms with Crippen molar-refractivity contribution in [3.05, 3.63) is 35.9 Å². The van der Waals surface area contributed by atoms with Gasteiger partial charge in [0.15, 0.2) is 0 Å². The fraction of sp³-hybridized carbons (Fsp3) is 0.500. The quantitative estimate of drug-likeness (QED) is 0.872. The van der Waals surface area contributed by atoms with E-state index in [9.17, 15) is 9.90 Å². The van der Waals surface area contributed by atoms with Crippen molar-refractivity contribution in [2.24, 2.45) is 11.3 Å². The third-order valence-corrected chi connectivity index (χ3v) is 4.04. The minimum atomic E-state index is -0.686. The number of likely N-dealkylation sites (tertiary alicyclic amines) is 1. The van der Waals surface area contributed by atoms with Gasteiger partial charge in [0.05, 0.1) is 19.1 Å². The summed E-state index contributed by atoms with van der Waals surface area (Å²) < 4.78 is 5.25. The van der Waals surface area contributed by atoms with E-state index < -0.39 is 5.97 Å². The number of carboxylic acid groups (broad SMARTS) is 1. The van der Waals surface area contributed by atoms with Gasteiger partial charge in [-0.2, -0.15) is 0 Å². The lowest BCUT2D eigenvalue weighted by molar-refractivity contribution is -0.164. The van der Waals surface area contributed by atoms with Gasteiger partial charge in [-0.15, -0.1) is 0 Å². The van der Waals surface area contributed by atoms with Gasteiger partial charge < -0.3 is 9.84 Å². The van der Waals surface area contributed by atoms with Gasteiger partial charge in [0.2, 0.25) is 0 Å². The van der Waals surface area contributed by atoms with Crippen molar-refractivity contribution < 1.29 is 14.6 Å². The maximum atomic E-state index is 11.3. The van der Waals surface area contributed by atoms with Crippen LogP contribution in [-0.4, -0.2) is 42.3 Å². The molecule has 0 aliphatic carbocycles. The first-order chi connectivity index (χ1) is 8.70. The van der Waals surface area contributed by atoms with Crippen LogP contribution in [0.2, 0.25) is 0 Å². The summed E-state index contributed by atoms with van der Waals surface area (Å²) in [6.45, 7) is 3.48. The lowest BCUT2D eigenvalue weighted by Crippen LogP contribution is -2.50. The molecule has 0 saturated carbocycles. The van der Waals surface area contributed by atoms with Crippen molar-refractivity contribution in [1.29, 1.82) is 0 Å². The number of hydrogen-bond acceptors (Lipinski definition) is 3. The molecule has 1 atom stereocenters. The lowest BCUT2D eigenvalue weighted by atomic mass is 9.76. The second-order valence-corrected chi connectivity index (χ2v) is 5.40. The molecule has 0 bridgehead atoms. The van der Waals surface area contributed by atoms with Gasteiger partial charge in [-0.25, -0.2) is 0 Å². The largest absolute Gasteiger partial charge is 0.481 e. The van der Waals surface area contributed by atoms with Crippen molar-refractivity contribution in [3.63, 3.8) is 0 Å². The average Bonchev–Trinajstić information content (AvgIpc) is 2.70. The topological polar surface area (TPSA) is 49.8 Å². The van der Waals surface area contributed by atoms with Crippen LogP contribution < -0.4 is 0 Å². The lowest BCUT2D eigenvalue weighted by Gasteiger charge is -2.40. The van der Waals surface area contributed by atoms with E-state index >= 15 is 0 Å². The second-order valence-electron chi connectivity index (χ2n) is 5.40. The smallest absolute Gasteiger partial charge is 0.308 e. The number of rotatable bonds is 3. The van der Waals surface area contributed by atoms with Crippen molar-refractivity contribution in [2.75, 3.05) is 26.3 Å². The first-order valence-electron chi connectivity index (χ1n) is 6.26. The highest BCUT2D eigenvalue weighted by atomic mass is 16.5. The van der Waals surface area contributed by atoms with Gasteiger partial charge in [-0.05, 0) is 5.56 Å². The van der Waals surface area contributed by atoms with Gasteiger partial charge >= 0.3 is 5.97 Å². The van der Waals surface area contributed by atoms with E-state index in [1.54, 1.807) is 0 Å². The van der Waals surface area contributed by atoms with Crippen molar-refractivity contribution in [3.8, 4) is 0 Å². The van der Waals surface area contributed by atoms with Crippen LogP contribution in [0.3, 0.4) is 0 Å². The molecule has 0 amide bonds. The average molecular weight is 247 g/mol. The molecule has 2 fully saturated rings. The number of aliphatic carboxylic acids is 1. The Morgan fingerprint density at radius 3 is 2.61 bits per heavy atom. The molecule has 1 aromatic carbocycles. The highest BCUT2D eigenvalue weighted by Gasteiger charge is 2.54. The van der Waals surface area contributed by atoms with Gasteiger partial charge in [0.1, 0.15) is 0 Å². The minimum absolute atomic E-state index is 0.138. The number of carbonyl (C=O) groups is 1. The predicted molar refractivity (Wildman–Crippen MR) is 66.1 cm³/mol. The Bertz CT molecular complexity index is 442. The summed E-state index contributed by atoms with van der Waals surface area (Å²) in [5.74, 6) is -0.969. The zero-order valence-electron chi connectivity index (χ0n) is 10.2. The molecule has 0 aromatic heterocycles. The van der Waals surface area contributed by atoms with Crippen LogP contribution in [0.4, 0.5) is 0 Å². The molecule has 0 radical (unpaired) electrons. The van der Waals surface area contributed by atoms with Crippen LogP contribution in [0.5, 0.6) is 0 Å². The third kappa shape index (κ3) is 1.91. The zero-order valence-corrected chi connectivity index (χ0v) is 10.2. The number of hydrogen-bond donors (Lipinski definition) is 1. The molecule has 96 valence electrons. The van der Waals surface area contributed by atoms with Gasteiger partial charge in [0.25, 0.3) is 0 Å². The van der Waals surface area contributed by atoms with Crippen LogP contribution in [0.25, 0.3) is 0 Å². The Morgan fingerprint density at radius 1 is 1.39 bits per heavy atom. The van der Waals surface area contributed by atoms with Gasteiger partial charge in [-0.1, -0.05) is 30.3 Å². The monoisotopic (exact) mass is 247 g/mol. The van der Waals surface area contributed by atoms with Crippen molar-refractivity contribution in [2.45, 2.75) is 6.54 Å². The van der Waals surface area contributed by atoms with Crippen LogP contribution >= 0.6 is 0 Å². The van der Waals surface area contributed by atoms with Crippen molar-refractivity contribution >= 4 is 5.97 Å².